The zero-order chi connectivity index (χ0) is 24.3. The Morgan fingerprint density at radius 1 is 1.00 bits per heavy atom. The van der Waals surface area contributed by atoms with Crippen molar-refractivity contribution in [2.75, 3.05) is 32.8 Å². The Kier molecular flexibility index (Phi) is 7.50. The number of hydrogen-bond acceptors (Lipinski definition) is 7. The first-order valence-electron chi connectivity index (χ1n) is 9.58. The molecule has 11 heteroatoms. The van der Waals surface area contributed by atoms with Crippen molar-refractivity contribution in [1.29, 1.82) is 0 Å². The molecule has 1 aliphatic heterocycles. The lowest BCUT2D eigenvalue weighted by atomic mass is 10.1. The van der Waals surface area contributed by atoms with Gasteiger partial charge in [0.05, 0.1) is 43.1 Å². The molecule has 9 nitrogen and oxygen atoms in total. The molecule has 1 fully saturated rings. The highest BCUT2D eigenvalue weighted by Gasteiger charge is 2.38. The van der Waals surface area contributed by atoms with Crippen LogP contribution in [-0.2, 0) is 9.59 Å². The molecule has 0 radical (unpaired) electrons. The average Bonchev–Trinajstić information content (AvgIpc) is 2.77. The van der Waals surface area contributed by atoms with Crippen molar-refractivity contribution in [2.45, 2.75) is 6.92 Å². The number of hydrogen-bond donors (Lipinski definition) is 1. The predicted molar refractivity (Wildman–Crippen MR) is 125 cm³/mol. The topological polar surface area (TPSA) is 103 Å². The average molecular weight is 540 g/mol. The summed E-state index contributed by atoms with van der Waals surface area (Å²) in [6, 6.07) is 5.12. The maximum atomic E-state index is 13.3. The lowest BCUT2D eigenvalue weighted by molar-refractivity contribution is -0.122. The lowest BCUT2D eigenvalue weighted by Gasteiger charge is -2.28. The Morgan fingerprint density at radius 2 is 1.70 bits per heavy atom. The summed E-state index contributed by atoms with van der Waals surface area (Å²) in [4.78, 5) is 39.3. The van der Waals surface area contributed by atoms with E-state index in [0.29, 0.717) is 28.1 Å². The number of nitrogens with zero attached hydrogens (tertiary/aromatic N) is 1. The molecule has 1 aliphatic rings. The third-order valence-corrected chi connectivity index (χ3v) is 5.53. The van der Waals surface area contributed by atoms with Crippen LogP contribution >= 0.6 is 27.5 Å². The van der Waals surface area contributed by atoms with Gasteiger partial charge in [0.2, 0.25) is 0 Å². The van der Waals surface area contributed by atoms with Gasteiger partial charge in [0.1, 0.15) is 17.1 Å². The highest BCUT2D eigenvalue weighted by Crippen LogP contribution is 2.40. The first-order valence-corrected chi connectivity index (χ1v) is 10.8. The van der Waals surface area contributed by atoms with E-state index >= 15 is 0 Å². The fourth-order valence-electron chi connectivity index (χ4n) is 3.19. The van der Waals surface area contributed by atoms with Crippen LogP contribution in [0.4, 0.5) is 10.5 Å². The minimum Gasteiger partial charge on any atom is -0.495 e. The molecule has 0 saturated carbocycles. The van der Waals surface area contributed by atoms with Crippen LogP contribution in [0, 0.1) is 0 Å². The normalized spacial score (nSPS) is 14.9. The van der Waals surface area contributed by atoms with Gasteiger partial charge in [0, 0.05) is 12.1 Å². The number of amides is 4. The molecule has 0 spiro atoms. The number of anilines is 1. The molecule has 3 rings (SSSR count). The lowest BCUT2D eigenvalue weighted by Crippen LogP contribution is -2.54. The Labute approximate surface area is 203 Å². The molecule has 1 N–H and O–H groups in total. The Bertz CT molecular complexity index is 1170. The van der Waals surface area contributed by atoms with Crippen molar-refractivity contribution in [1.82, 2.24) is 5.32 Å². The Balaban J connectivity index is 2.11. The van der Waals surface area contributed by atoms with E-state index in [-0.39, 0.29) is 27.8 Å². The van der Waals surface area contributed by atoms with E-state index < -0.39 is 17.8 Å². The number of imide groups is 2. The summed E-state index contributed by atoms with van der Waals surface area (Å²) in [6.45, 7) is 2.19. The standard InChI is InChI=1S/C22H20BrClN2O7/c1-5-33-18-8-11(7-13(23)19(18)32-4)6-12-20(27)25-22(29)26(21(12)28)15-10-16(30-2)14(24)9-17(15)31-3/h6-10H,5H2,1-4H3,(H,25,27,29)/b12-6+. The molecule has 1 saturated heterocycles. The van der Waals surface area contributed by atoms with Crippen LogP contribution in [0.25, 0.3) is 6.08 Å². The van der Waals surface area contributed by atoms with E-state index in [0.717, 1.165) is 4.90 Å². The van der Waals surface area contributed by atoms with Crippen molar-refractivity contribution < 1.29 is 33.3 Å². The number of carbonyl (C=O) groups is 3. The maximum absolute atomic E-state index is 13.3. The van der Waals surface area contributed by atoms with E-state index in [1.165, 1.54) is 39.5 Å². The van der Waals surface area contributed by atoms with Crippen LogP contribution < -0.4 is 29.2 Å². The summed E-state index contributed by atoms with van der Waals surface area (Å²) >= 11 is 9.53. The number of barbiturate groups is 1. The Hall–Kier alpha value is -3.24. The van der Waals surface area contributed by atoms with Gasteiger partial charge < -0.3 is 18.9 Å². The van der Waals surface area contributed by atoms with Crippen LogP contribution in [0.1, 0.15) is 12.5 Å². The fraction of sp³-hybridized carbons (Fsp3) is 0.227. The number of benzene rings is 2. The third kappa shape index (κ3) is 4.76. The second-order valence-electron chi connectivity index (χ2n) is 6.58. The Morgan fingerprint density at radius 3 is 2.30 bits per heavy atom. The van der Waals surface area contributed by atoms with Gasteiger partial charge in [0.25, 0.3) is 11.8 Å². The van der Waals surface area contributed by atoms with Gasteiger partial charge in [-0.1, -0.05) is 11.6 Å². The van der Waals surface area contributed by atoms with Crippen molar-refractivity contribution in [3.63, 3.8) is 0 Å². The van der Waals surface area contributed by atoms with Gasteiger partial charge >= 0.3 is 6.03 Å². The van der Waals surface area contributed by atoms with E-state index in [2.05, 4.69) is 21.2 Å². The van der Waals surface area contributed by atoms with Crippen molar-refractivity contribution in [3.05, 3.63) is 44.9 Å². The largest absolute Gasteiger partial charge is 0.495 e. The highest BCUT2D eigenvalue weighted by molar-refractivity contribution is 9.10. The van der Waals surface area contributed by atoms with E-state index in [1.54, 1.807) is 12.1 Å². The summed E-state index contributed by atoms with van der Waals surface area (Å²) in [5.41, 5.74) is 0.259. The maximum Gasteiger partial charge on any atom is 0.336 e. The third-order valence-electron chi connectivity index (χ3n) is 4.64. The van der Waals surface area contributed by atoms with Crippen molar-refractivity contribution >= 4 is 57.1 Å². The fourth-order valence-corrected chi connectivity index (χ4v) is 4.05. The monoisotopic (exact) mass is 538 g/mol. The van der Waals surface area contributed by atoms with E-state index in [1.807, 2.05) is 6.92 Å². The van der Waals surface area contributed by atoms with E-state index in [4.69, 9.17) is 30.5 Å². The minimum atomic E-state index is -0.934. The summed E-state index contributed by atoms with van der Waals surface area (Å²) in [5, 5.41) is 2.39. The van der Waals surface area contributed by atoms with Gasteiger partial charge in [-0.3, -0.25) is 14.9 Å². The highest BCUT2D eigenvalue weighted by atomic mass is 79.9. The van der Waals surface area contributed by atoms with Gasteiger partial charge in [-0.25, -0.2) is 9.69 Å². The summed E-state index contributed by atoms with van der Waals surface area (Å²) in [5.74, 6) is -0.447. The number of methoxy groups -OCH3 is 3. The number of nitrogens with one attached hydrogen (secondary N) is 1. The van der Waals surface area contributed by atoms with Crippen LogP contribution in [0.3, 0.4) is 0 Å². The number of carbonyl (C=O) groups excluding carboxylic acids is 3. The summed E-state index contributed by atoms with van der Waals surface area (Å²) in [7, 11) is 4.25. The second kappa shape index (κ2) is 10.1. The number of ether oxygens (including phenoxy) is 4. The molecule has 33 heavy (non-hydrogen) atoms. The van der Waals surface area contributed by atoms with Gasteiger partial charge in [-0.15, -0.1) is 0 Å². The quantitative estimate of drug-likeness (QED) is 0.416. The van der Waals surface area contributed by atoms with Crippen LogP contribution in [0.15, 0.2) is 34.3 Å². The zero-order valence-electron chi connectivity index (χ0n) is 18.2. The molecule has 2 aromatic rings. The molecular formula is C22H20BrClN2O7. The first kappa shape index (κ1) is 24.4. The second-order valence-corrected chi connectivity index (χ2v) is 7.85. The number of urea groups is 1. The summed E-state index contributed by atoms with van der Waals surface area (Å²) < 4.78 is 22.0. The molecule has 0 bridgehead atoms. The first-order chi connectivity index (χ1) is 15.7. The molecule has 4 amide bonds. The van der Waals surface area contributed by atoms with Gasteiger partial charge in [-0.05, 0) is 46.6 Å². The molecule has 0 aromatic heterocycles. The molecule has 0 aliphatic carbocycles. The molecule has 1 heterocycles. The SMILES string of the molecule is CCOc1cc(/C=C2\C(=O)NC(=O)N(c3cc(OC)c(Cl)cc3OC)C2=O)cc(Br)c1OC. The molecule has 0 unspecified atom stereocenters. The van der Waals surface area contributed by atoms with Gasteiger partial charge in [-0.2, -0.15) is 0 Å². The van der Waals surface area contributed by atoms with Gasteiger partial charge in [0.15, 0.2) is 11.5 Å². The summed E-state index contributed by atoms with van der Waals surface area (Å²) in [6.07, 6.45) is 1.35. The molecule has 2 aromatic carbocycles. The molecular weight excluding hydrogens is 520 g/mol. The smallest absolute Gasteiger partial charge is 0.336 e. The van der Waals surface area contributed by atoms with Crippen LogP contribution in [0.5, 0.6) is 23.0 Å². The predicted octanol–water partition coefficient (Wildman–Crippen LogP) is 4.19. The van der Waals surface area contributed by atoms with E-state index in [9.17, 15) is 14.4 Å². The molecule has 0 atom stereocenters. The van der Waals surface area contributed by atoms with Crippen LogP contribution in [0.2, 0.25) is 5.02 Å². The zero-order valence-corrected chi connectivity index (χ0v) is 20.5. The number of rotatable bonds is 7. The number of halogens is 2. The minimum absolute atomic E-state index is 0.0607. The van der Waals surface area contributed by atoms with Crippen molar-refractivity contribution in [2.24, 2.45) is 0 Å². The van der Waals surface area contributed by atoms with Crippen molar-refractivity contribution in [3.8, 4) is 23.0 Å². The van der Waals surface area contributed by atoms with Crippen LogP contribution in [-0.4, -0.2) is 45.8 Å². The molecule has 174 valence electrons.